The highest BCUT2D eigenvalue weighted by molar-refractivity contribution is 7.11. The Kier molecular flexibility index (Phi) is 6.48. The molecule has 2 aliphatic carbocycles. The second-order valence-electron chi connectivity index (χ2n) is 11.7. The third kappa shape index (κ3) is 4.15. The summed E-state index contributed by atoms with van der Waals surface area (Å²) in [4.78, 5) is 23.2. The number of hydrogen-bond acceptors (Lipinski definition) is 3. The topological polar surface area (TPSA) is 77.5 Å². The first-order valence-electron chi connectivity index (χ1n) is 14.0. The van der Waals surface area contributed by atoms with Crippen LogP contribution in [0.4, 0.5) is 0 Å². The van der Waals surface area contributed by atoms with Gasteiger partial charge in [0.15, 0.2) is 0 Å². The van der Waals surface area contributed by atoms with Gasteiger partial charge < -0.3 is 16.0 Å². The van der Waals surface area contributed by atoms with Gasteiger partial charge in [-0.25, -0.2) is 4.98 Å². The fourth-order valence-corrected chi connectivity index (χ4v) is 9.25. The number of hydrogen-bond donors (Lipinski definition) is 2. The minimum atomic E-state index is -0.0417. The first kappa shape index (κ1) is 23.6. The van der Waals surface area contributed by atoms with E-state index < -0.39 is 0 Å². The molecule has 0 radical (unpaired) electrons. The molecular formula is C29H42N4OS+2. The first-order chi connectivity index (χ1) is 17.1. The minimum Gasteiger partial charge on any atom is -0.350 e. The molecule has 1 spiro atoms. The fraction of sp³-hybridized carbons (Fsp3) is 0.655. The molecule has 3 fully saturated rings. The van der Waals surface area contributed by atoms with Gasteiger partial charge in [0, 0.05) is 23.9 Å². The van der Waals surface area contributed by atoms with Gasteiger partial charge in [-0.1, -0.05) is 49.6 Å². The van der Waals surface area contributed by atoms with E-state index in [4.69, 9.17) is 4.98 Å². The molecule has 6 rings (SSSR count). The minimum absolute atomic E-state index is 0.0417. The summed E-state index contributed by atoms with van der Waals surface area (Å²) in [5, 5.41) is 3.55. The number of thiazole rings is 1. The van der Waals surface area contributed by atoms with Gasteiger partial charge in [0.05, 0.1) is 23.5 Å². The molecule has 6 heteroatoms. The van der Waals surface area contributed by atoms with Crippen LogP contribution in [0.5, 0.6) is 0 Å². The predicted octanol–water partition coefficient (Wildman–Crippen LogP) is 3.31. The Morgan fingerprint density at radius 3 is 2.74 bits per heavy atom. The summed E-state index contributed by atoms with van der Waals surface area (Å²) in [5.41, 5.74) is 7.03. The Morgan fingerprint density at radius 1 is 1.14 bits per heavy atom. The summed E-state index contributed by atoms with van der Waals surface area (Å²) in [5.74, 6) is 1.76. The van der Waals surface area contributed by atoms with Crippen molar-refractivity contribution in [2.75, 3.05) is 19.6 Å². The number of fused-ring (bicyclic) bond motifs is 2. The Hall–Kier alpha value is -1.76. The molecular weight excluding hydrogens is 452 g/mol. The first-order valence-corrected chi connectivity index (χ1v) is 14.9. The number of amides is 1. The van der Waals surface area contributed by atoms with Gasteiger partial charge in [-0.15, -0.1) is 11.3 Å². The predicted molar refractivity (Wildman–Crippen MR) is 139 cm³/mol. The molecule has 3 heterocycles. The summed E-state index contributed by atoms with van der Waals surface area (Å²) in [7, 11) is 0. The summed E-state index contributed by atoms with van der Waals surface area (Å²) in [6.07, 6.45) is 11.0. The summed E-state index contributed by atoms with van der Waals surface area (Å²) < 4.78 is 0. The molecule has 5 atom stereocenters. The largest absolute Gasteiger partial charge is 0.350 e. The summed E-state index contributed by atoms with van der Waals surface area (Å²) in [6, 6.07) is 11.7. The van der Waals surface area contributed by atoms with E-state index in [0.717, 1.165) is 50.3 Å². The number of quaternary nitrogens is 2. The molecule has 4 aliphatic rings. The monoisotopic (exact) mass is 494 g/mol. The molecule has 1 amide bonds. The van der Waals surface area contributed by atoms with Crippen LogP contribution in [0.3, 0.4) is 0 Å². The second-order valence-corrected chi connectivity index (χ2v) is 13.0. The molecule has 1 saturated carbocycles. The number of nitrogens with two attached hydrogens (primary N) is 1. The Balaban J connectivity index is 1.30. The van der Waals surface area contributed by atoms with Crippen LogP contribution in [-0.4, -0.2) is 41.5 Å². The van der Waals surface area contributed by atoms with Crippen LogP contribution < -0.4 is 11.1 Å². The highest BCUT2D eigenvalue weighted by atomic mass is 32.1. The maximum Gasteiger partial charge on any atom is 0.232 e. The molecule has 2 aromatic rings. The van der Waals surface area contributed by atoms with Crippen LogP contribution in [-0.2, 0) is 10.2 Å². The lowest BCUT2D eigenvalue weighted by Crippen LogP contribution is -2.82. The van der Waals surface area contributed by atoms with E-state index >= 15 is 0 Å². The van der Waals surface area contributed by atoms with Crippen molar-refractivity contribution in [1.82, 2.24) is 9.88 Å². The van der Waals surface area contributed by atoms with Crippen LogP contribution in [0.1, 0.15) is 90.9 Å². The smallest absolute Gasteiger partial charge is 0.232 e. The van der Waals surface area contributed by atoms with Gasteiger partial charge in [-0.3, -0.25) is 4.79 Å². The van der Waals surface area contributed by atoms with Crippen LogP contribution in [0.2, 0.25) is 0 Å². The molecule has 5 nitrogen and oxygen atoms in total. The Labute approximate surface area is 213 Å². The zero-order chi connectivity index (χ0) is 24.0. The standard InChI is InChI=1S/C29H40N4OS/c1-19-32-26-24(30)12-14-29(27(26)35-19)18-31-17-23(29)28(34)33-15-13-22(20-8-4-2-5-9-20)16-25(33)21-10-6-3-7-11-21/h2,4-5,8-9,21-25,31H,3,6-7,10-18,30H2,1H3/p+2/t22-,23?,24?,25+,29-/m1/s1. The van der Waals surface area contributed by atoms with Gasteiger partial charge in [0.25, 0.3) is 0 Å². The van der Waals surface area contributed by atoms with Crippen LogP contribution in [0.15, 0.2) is 30.3 Å². The van der Waals surface area contributed by atoms with Crippen molar-refractivity contribution in [2.24, 2.45) is 11.8 Å². The van der Waals surface area contributed by atoms with E-state index in [-0.39, 0.29) is 17.4 Å². The molecule has 35 heavy (non-hydrogen) atoms. The summed E-state index contributed by atoms with van der Waals surface area (Å²) >= 11 is 1.84. The van der Waals surface area contributed by atoms with E-state index in [9.17, 15) is 4.79 Å². The number of nitrogens with zero attached hydrogens (tertiary/aromatic N) is 2. The molecule has 2 aliphatic heterocycles. The lowest BCUT2D eigenvalue weighted by atomic mass is 9.67. The van der Waals surface area contributed by atoms with Gasteiger partial charge in [-0.05, 0) is 56.4 Å². The van der Waals surface area contributed by atoms with Crippen molar-refractivity contribution in [2.45, 2.75) is 88.1 Å². The maximum absolute atomic E-state index is 14.5. The lowest BCUT2D eigenvalue weighted by Gasteiger charge is -2.47. The van der Waals surface area contributed by atoms with Crippen LogP contribution in [0.25, 0.3) is 0 Å². The number of rotatable bonds is 3. The van der Waals surface area contributed by atoms with Crippen LogP contribution >= 0.6 is 11.3 Å². The highest BCUT2D eigenvalue weighted by Gasteiger charge is 2.57. The number of aromatic nitrogens is 1. The van der Waals surface area contributed by atoms with Crippen molar-refractivity contribution in [3.05, 3.63) is 51.5 Å². The molecule has 2 unspecified atom stereocenters. The zero-order valence-corrected chi connectivity index (χ0v) is 22.1. The average molecular weight is 495 g/mol. The van der Waals surface area contributed by atoms with Gasteiger partial charge in [0.1, 0.15) is 17.7 Å². The maximum atomic E-state index is 14.5. The average Bonchev–Trinajstić information content (AvgIpc) is 3.51. The SMILES string of the molecule is Cc1nc2c(s1)[C@]1(CCC2[NH3+])C[NH2+]CC1C(=O)N1CC[C@@H](c2ccccc2)C[C@H]1C1CCCCC1. The van der Waals surface area contributed by atoms with Crippen molar-refractivity contribution >= 4 is 17.2 Å². The normalized spacial score (nSPS) is 33.7. The van der Waals surface area contributed by atoms with E-state index in [2.05, 4.69) is 53.2 Å². The molecule has 5 N–H and O–H groups in total. The zero-order valence-electron chi connectivity index (χ0n) is 21.3. The van der Waals surface area contributed by atoms with Crippen molar-refractivity contribution in [3.8, 4) is 0 Å². The quantitative estimate of drug-likeness (QED) is 0.687. The number of piperidine rings is 1. The molecule has 188 valence electrons. The van der Waals surface area contributed by atoms with E-state index in [1.54, 1.807) is 0 Å². The van der Waals surface area contributed by atoms with Crippen molar-refractivity contribution in [3.63, 3.8) is 0 Å². The number of carbonyl (C=O) groups excluding carboxylic acids is 1. The molecule has 2 saturated heterocycles. The van der Waals surface area contributed by atoms with E-state index in [1.165, 1.54) is 48.2 Å². The number of benzene rings is 1. The highest BCUT2D eigenvalue weighted by Crippen LogP contribution is 2.49. The third-order valence-electron chi connectivity index (χ3n) is 9.81. The van der Waals surface area contributed by atoms with Gasteiger partial charge in [-0.2, -0.15) is 0 Å². The lowest BCUT2D eigenvalue weighted by molar-refractivity contribution is -0.640. The van der Waals surface area contributed by atoms with Gasteiger partial charge in [0.2, 0.25) is 5.91 Å². The second kappa shape index (κ2) is 9.60. The van der Waals surface area contributed by atoms with E-state index in [0.29, 0.717) is 23.8 Å². The fourth-order valence-electron chi connectivity index (χ4n) is 7.96. The van der Waals surface area contributed by atoms with E-state index in [1.807, 2.05) is 11.3 Å². The van der Waals surface area contributed by atoms with Crippen molar-refractivity contribution < 1.29 is 15.8 Å². The number of carbonyl (C=O) groups is 1. The molecule has 0 bridgehead atoms. The molecule has 1 aromatic carbocycles. The van der Waals surface area contributed by atoms with Crippen LogP contribution in [0, 0.1) is 18.8 Å². The number of aryl methyl sites for hydroxylation is 1. The molecule has 1 aromatic heterocycles. The summed E-state index contributed by atoms with van der Waals surface area (Å²) in [6.45, 7) is 4.98. The Morgan fingerprint density at radius 2 is 1.94 bits per heavy atom. The number of likely N-dealkylation sites (tertiary alicyclic amines) is 1. The Bertz CT molecular complexity index is 1050. The third-order valence-corrected chi connectivity index (χ3v) is 11.0. The van der Waals surface area contributed by atoms with Gasteiger partial charge >= 0.3 is 0 Å². The van der Waals surface area contributed by atoms with Crippen molar-refractivity contribution in [1.29, 1.82) is 0 Å².